The number of rotatable bonds is 5. The summed E-state index contributed by atoms with van der Waals surface area (Å²) in [5, 5.41) is 0. The molecular formula is C17H22BrN3. The van der Waals surface area contributed by atoms with Crippen LogP contribution in [0.25, 0.3) is 0 Å². The van der Waals surface area contributed by atoms with Gasteiger partial charge in [-0.25, -0.2) is 0 Å². The molecule has 1 heterocycles. The van der Waals surface area contributed by atoms with Crippen molar-refractivity contribution in [3.63, 3.8) is 0 Å². The van der Waals surface area contributed by atoms with Crippen LogP contribution >= 0.6 is 15.9 Å². The molecule has 2 N–H and O–H groups in total. The molecule has 1 aromatic heterocycles. The molecule has 0 spiro atoms. The number of hydrogen-bond acceptors (Lipinski definition) is 3. The van der Waals surface area contributed by atoms with Crippen molar-refractivity contribution in [3.8, 4) is 0 Å². The smallest absolute Gasteiger partial charge is 0.0547 e. The van der Waals surface area contributed by atoms with Gasteiger partial charge in [0.15, 0.2) is 0 Å². The van der Waals surface area contributed by atoms with E-state index in [4.69, 9.17) is 5.73 Å². The minimum atomic E-state index is 0.0264. The van der Waals surface area contributed by atoms with Crippen molar-refractivity contribution in [2.45, 2.75) is 32.5 Å². The molecule has 2 rings (SSSR count). The van der Waals surface area contributed by atoms with Gasteiger partial charge in [-0.1, -0.05) is 40.2 Å². The van der Waals surface area contributed by atoms with Gasteiger partial charge < -0.3 is 5.73 Å². The normalized spacial score (nSPS) is 14.2. The van der Waals surface area contributed by atoms with E-state index in [1.54, 1.807) is 0 Å². The maximum absolute atomic E-state index is 6.24. The number of halogens is 1. The lowest BCUT2D eigenvalue weighted by Crippen LogP contribution is -2.37. The molecule has 0 saturated carbocycles. The standard InChI is InChI=1S/C17H22BrN3/c1-12-7-6-8-14(20-12)11-21(3)17(13(2)19)15-9-4-5-10-16(15)18/h4-10,13,17H,11,19H2,1-3H3. The van der Waals surface area contributed by atoms with E-state index < -0.39 is 0 Å². The zero-order valence-corrected chi connectivity index (χ0v) is 14.3. The Labute approximate surface area is 135 Å². The molecule has 0 amide bonds. The van der Waals surface area contributed by atoms with Gasteiger partial charge in [0.25, 0.3) is 0 Å². The van der Waals surface area contributed by atoms with Gasteiger partial charge in [-0.2, -0.15) is 0 Å². The summed E-state index contributed by atoms with van der Waals surface area (Å²) in [7, 11) is 2.09. The highest BCUT2D eigenvalue weighted by Gasteiger charge is 2.23. The highest BCUT2D eigenvalue weighted by Crippen LogP contribution is 2.29. The Morgan fingerprint density at radius 1 is 1.19 bits per heavy atom. The molecule has 2 unspecified atom stereocenters. The van der Waals surface area contributed by atoms with Gasteiger partial charge in [-0.3, -0.25) is 9.88 Å². The summed E-state index contributed by atoms with van der Waals surface area (Å²) in [6.07, 6.45) is 0. The monoisotopic (exact) mass is 347 g/mol. The van der Waals surface area contributed by atoms with Crippen LogP contribution in [-0.4, -0.2) is 23.0 Å². The average Bonchev–Trinajstić information content (AvgIpc) is 2.41. The first-order chi connectivity index (χ1) is 9.99. The van der Waals surface area contributed by atoms with Gasteiger partial charge in [0.05, 0.1) is 11.7 Å². The molecule has 0 fully saturated rings. The molecule has 0 bridgehead atoms. The minimum absolute atomic E-state index is 0.0264. The van der Waals surface area contributed by atoms with Crippen LogP contribution in [0.2, 0.25) is 0 Å². The van der Waals surface area contributed by atoms with Gasteiger partial charge >= 0.3 is 0 Å². The third-order valence-electron chi connectivity index (χ3n) is 3.55. The second kappa shape index (κ2) is 7.16. The number of aryl methyl sites for hydroxylation is 1. The molecule has 2 aromatic rings. The second-order valence-corrected chi connectivity index (χ2v) is 6.37. The Kier molecular flexibility index (Phi) is 5.51. The summed E-state index contributed by atoms with van der Waals surface area (Å²) in [5.74, 6) is 0. The summed E-state index contributed by atoms with van der Waals surface area (Å²) >= 11 is 3.63. The lowest BCUT2D eigenvalue weighted by atomic mass is 9.99. The van der Waals surface area contributed by atoms with E-state index >= 15 is 0 Å². The van der Waals surface area contributed by atoms with E-state index in [0.717, 1.165) is 22.4 Å². The van der Waals surface area contributed by atoms with Crippen molar-refractivity contribution in [1.82, 2.24) is 9.88 Å². The number of nitrogens with zero attached hydrogens (tertiary/aromatic N) is 2. The van der Waals surface area contributed by atoms with E-state index in [9.17, 15) is 0 Å². The van der Waals surface area contributed by atoms with Gasteiger partial charge in [0.2, 0.25) is 0 Å². The SMILES string of the molecule is Cc1cccc(CN(C)C(c2ccccc2Br)C(C)N)n1. The number of pyridine rings is 1. The quantitative estimate of drug-likeness (QED) is 0.896. The first-order valence-corrected chi connectivity index (χ1v) is 7.91. The Hall–Kier alpha value is -1.23. The van der Waals surface area contributed by atoms with Crippen molar-refractivity contribution in [1.29, 1.82) is 0 Å². The zero-order valence-electron chi connectivity index (χ0n) is 12.8. The summed E-state index contributed by atoms with van der Waals surface area (Å²) in [4.78, 5) is 6.83. The molecule has 0 saturated heterocycles. The molecule has 0 aliphatic rings. The lowest BCUT2D eigenvalue weighted by Gasteiger charge is -2.32. The van der Waals surface area contributed by atoms with E-state index in [1.807, 2.05) is 38.1 Å². The largest absolute Gasteiger partial charge is 0.326 e. The minimum Gasteiger partial charge on any atom is -0.326 e. The van der Waals surface area contributed by atoms with Crippen LogP contribution in [0, 0.1) is 6.92 Å². The van der Waals surface area contributed by atoms with Crippen molar-refractivity contribution in [2.24, 2.45) is 5.73 Å². The van der Waals surface area contributed by atoms with Gasteiger partial charge in [0, 0.05) is 22.8 Å². The van der Waals surface area contributed by atoms with Crippen LogP contribution in [0.5, 0.6) is 0 Å². The number of hydrogen-bond donors (Lipinski definition) is 1. The summed E-state index contributed by atoms with van der Waals surface area (Å²) in [6.45, 7) is 4.83. The zero-order chi connectivity index (χ0) is 15.4. The van der Waals surface area contributed by atoms with Crippen molar-refractivity contribution in [3.05, 3.63) is 63.9 Å². The van der Waals surface area contributed by atoms with Gasteiger partial charge in [0.1, 0.15) is 0 Å². The third kappa shape index (κ3) is 4.13. The fourth-order valence-corrected chi connectivity index (χ4v) is 3.20. The average molecular weight is 348 g/mol. The van der Waals surface area contributed by atoms with E-state index in [-0.39, 0.29) is 12.1 Å². The number of benzene rings is 1. The Morgan fingerprint density at radius 3 is 2.52 bits per heavy atom. The van der Waals surface area contributed by atoms with Crippen LogP contribution in [0.15, 0.2) is 46.9 Å². The summed E-state index contributed by atoms with van der Waals surface area (Å²) < 4.78 is 1.09. The summed E-state index contributed by atoms with van der Waals surface area (Å²) in [6, 6.07) is 14.5. The van der Waals surface area contributed by atoms with Crippen LogP contribution in [0.4, 0.5) is 0 Å². The number of aromatic nitrogens is 1. The van der Waals surface area contributed by atoms with Gasteiger partial charge in [-0.15, -0.1) is 0 Å². The Bertz CT molecular complexity index is 598. The van der Waals surface area contributed by atoms with Crippen molar-refractivity contribution < 1.29 is 0 Å². The molecule has 0 radical (unpaired) electrons. The van der Waals surface area contributed by atoms with Gasteiger partial charge in [-0.05, 0) is 44.7 Å². The molecule has 112 valence electrons. The maximum Gasteiger partial charge on any atom is 0.0547 e. The highest BCUT2D eigenvalue weighted by atomic mass is 79.9. The van der Waals surface area contributed by atoms with Crippen LogP contribution in [0.1, 0.15) is 29.9 Å². The second-order valence-electron chi connectivity index (χ2n) is 5.51. The fourth-order valence-electron chi connectivity index (χ4n) is 2.68. The van der Waals surface area contributed by atoms with Crippen molar-refractivity contribution in [2.75, 3.05) is 7.05 Å². The topological polar surface area (TPSA) is 42.1 Å². The number of nitrogens with two attached hydrogens (primary N) is 1. The third-order valence-corrected chi connectivity index (χ3v) is 4.28. The van der Waals surface area contributed by atoms with E-state index in [1.165, 1.54) is 5.56 Å². The number of likely N-dealkylation sites (N-methyl/N-ethyl adjacent to an activating group) is 1. The first-order valence-electron chi connectivity index (χ1n) is 7.12. The molecule has 2 atom stereocenters. The maximum atomic E-state index is 6.24. The molecule has 0 aliphatic carbocycles. The van der Waals surface area contributed by atoms with Crippen LogP contribution in [0.3, 0.4) is 0 Å². The Morgan fingerprint density at radius 2 is 1.90 bits per heavy atom. The van der Waals surface area contributed by atoms with Crippen molar-refractivity contribution >= 4 is 15.9 Å². The molecule has 21 heavy (non-hydrogen) atoms. The van der Waals surface area contributed by atoms with E-state index in [2.05, 4.69) is 51.1 Å². The predicted octanol–water partition coefficient (Wildman–Crippen LogP) is 3.67. The van der Waals surface area contributed by atoms with Crippen LogP contribution < -0.4 is 5.73 Å². The Balaban J connectivity index is 2.24. The predicted molar refractivity (Wildman–Crippen MR) is 91.0 cm³/mol. The molecular weight excluding hydrogens is 326 g/mol. The molecule has 3 nitrogen and oxygen atoms in total. The highest BCUT2D eigenvalue weighted by molar-refractivity contribution is 9.10. The van der Waals surface area contributed by atoms with Crippen LogP contribution in [-0.2, 0) is 6.54 Å². The van der Waals surface area contributed by atoms with E-state index in [0.29, 0.717) is 0 Å². The summed E-state index contributed by atoms with van der Waals surface area (Å²) in [5.41, 5.74) is 9.56. The molecule has 4 heteroatoms. The lowest BCUT2D eigenvalue weighted by molar-refractivity contribution is 0.208. The molecule has 1 aromatic carbocycles. The molecule has 0 aliphatic heterocycles. The first kappa shape index (κ1) is 16.1. The fraction of sp³-hybridized carbons (Fsp3) is 0.353.